The molecule has 1 saturated heterocycles. The van der Waals surface area contributed by atoms with Crippen molar-refractivity contribution < 1.29 is 28.9 Å². The smallest absolute Gasteiger partial charge is 0.201 e. The van der Waals surface area contributed by atoms with Gasteiger partial charge in [0.2, 0.25) is 11.5 Å². The number of hydrogen-bond acceptors (Lipinski definition) is 7. The van der Waals surface area contributed by atoms with Gasteiger partial charge in [0.05, 0.1) is 37.7 Å². The standard InChI is InChI=1S/C19H24ClNO6/c1-21-6-5-17-8-10(22)14(26-3)16(27-4)18(17,21)9-12(20)19(17)13(23)7-11(25-2)15(19)24/h7,12,15,24H,5-6,8-9H2,1-4H3/t12-,15-,17+,18+,19+/m0/s1. The summed E-state index contributed by atoms with van der Waals surface area (Å²) in [5.41, 5.74) is -3.05. The number of Topliss-reactive ketones (excluding diaryl/α,β-unsaturated/α-hetero) is 1. The summed E-state index contributed by atoms with van der Waals surface area (Å²) in [5.74, 6) is 0.236. The molecule has 0 unspecified atom stereocenters. The van der Waals surface area contributed by atoms with Gasteiger partial charge in [-0.15, -0.1) is 11.6 Å². The Bertz CT molecular complexity index is 793. The lowest BCUT2D eigenvalue weighted by Gasteiger charge is -2.53. The summed E-state index contributed by atoms with van der Waals surface area (Å²) in [4.78, 5) is 28.4. The maximum Gasteiger partial charge on any atom is 0.201 e. The third-order valence-electron chi connectivity index (χ3n) is 7.40. The number of likely N-dealkylation sites (tertiary alicyclic amines) is 1. The zero-order chi connectivity index (χ0) is 19.8. The maximum atomic E-state index is 13.3. The van der Waals surface area contributed by atoms with E-state index in [4.69, 9.17) is 25.8 Å². The molecule has 1 saturated carbocycles. The monoisotopic (exact) mass is 397 g/mol. The normalized spacial score (nSPS) is 43.9. The Balaban J connectivity index is 2.04. The molecule has 0 bridgehead atoms. The van der Waals surface area contributed by atoms with E-state index in [9.17, 15) is 14.7 Å². The average molecular weight is 398 g/mol. The number of allylic oxidation sites excluding steroid dienone is 2. The Morgan fingerprint density at radius 2 is 1.93 bits per heavy atom. The van der Waals surface area contributed by atoms with Crippen LogP contribution in [0.5, 0.6) is 0 Å². The molecule has 4 rings (SSSR count). The highest BCUT2D eigenvalue weighted by molar-refractivity contribution is 6.25. The molecule has 8 heteroatoms. The molecule has 148 valence electrons. The van der Waals surface area contributed by atoms with Crippen molar-refractivity contribution in [1.82, 2.24) is 4.90 Å². The molecular weight excluding hydrogens is 374 g/mol. The quantitative estimate of drug-likeness (QED) is 0.711. The lowest BCUT2D eigenvalue weighted by molar-refractivity contribution is -0.148. The molecule has 2 fully saturated rings. The number of hydrogen-bond donors (Lipinski definition) is 1. The molecule has 1 spiro atoms. The van der Waals surface area contributed by atoms with Gasteiger partial charge in [0.15, 0.2) is 11.5 Å². The second-order valence-corrected chi connectivity index (χ2v) is 8.37. The highest BCUT2D eigenvalue weighted by Crippen LogP contribution is 2.74. The molecule has 0 amide bonds. The third kappa shape index (κ3) is 1.72. The SMILES string of the molecule is COC1=CC(=O)[C@]2([C@@H](Cl)C[C@@]34C(OC)=C(OC)C(=O)C[C@@]23CCN4C)[C@H]1O. The van der Waals surface area contributed by atoms with Crippen LogP contribution in [0, 0.1) is 10.8 Å². The van der Waals surface area contributed by atoms with E-state index in [1.165, 1.54) is 27.4 Å². The lowest BCUT2D eigenvalue weighted by atomic mass is 9.52. The number of nitrogens with zero attached hydrogens (tertiary/aromatic N) is 1. The largest absolute Gasteiger partial charge is 0.498 e. The summed E-state index contributed by atoms with van der Waals surface area (Å²) < 4.78 is 16.4. The van der Waals surface area contributed by atoms with Crippen molar-refractivity contribution in [2.75, 3.05) is 34.9 Å². The van der Waals surface area contributed by atoms with Crippen LogP contribution in [-0.4, -0.2) is 73.5 Å². The Morgan fingerprint density at radius 1 is 1.22 bits per heavy atom. The van der Waals surface area contributed by atoms with Crippen LogP contribution in [0.3, 0.4) is 0 Å². The van der Waals surface area contributed by atoms with Crippen LogP contribution in [0.1, 0.15) is 19.3 Å². The van der Waals surface area contributed by atoms with Gasteiger partial charge in [-0.2, -0.15) is 0 Å². The summed E-state index contributed by atoms with van der Waals surface area (Å²) in [6.45, 7) is 0.644. The lowest BCUT2D eigenvalue weighted by Crippen LogP contribution is -2.63. The van der Waals surface area contributed by atoms with Crippen molar-refractivity contribution in [3.05, 3.63) is 23.4 Å². The molecule has 1 heterocycles. The Kier molecular flexibility index (Phi) is 3.98. The van der Waals surface area contributed by atoms with E-state index >= 15 is 0 Å². The van der Waals surface area contributed by atoms with Gasteiger partial charge in [-0.25, -0.2) is 0 Å². The molecule has 27 heavy (non-hydrogen) atoms. The first-order valence-corrected chi connectivity index (χ1v) is 9.41. The second-order valence-electron chi connectivity index (χ2n) is 7.84. The minimum absolute atomic E-state index is 0.0597. The van der Waals surface area contributed by atoms with E-state index < -0.39 is 27.8 Å². The fraction of sp³-hybridized carbons (Fsp3) is 0.684. The Labute approximate surface area is 162 Å². The number of rotatable bonds is 3. The van der Waals surface area contributed by atoms with Gasteiger partial charge < -0.3 is 19.3 Å². The fourth-order valence-corrected chi connectivity index (χ4v) is 7.08. The van der Waals surface area contributed by atoms with Gasteiger partial charge in [0.25, 0.3) is 0 Å². The number of halogens is 1. The summed E-state index contributed by atoms with van der Waals surface area (Å²) in [6, 6.07) is 0. The topological polar surface area (TPSA) is 85.3 Å². The maximum absolute atomic E-state index is 13.3. The predicted octanol–water partition coefficient (Wildman–Crippen LogP) is 0.996. The second kappa shape index (κ2) is 5.72. The number of carbonyl (C=O) groups is 2. The van der Waals surface area contributed by atoms with Crippen LogP contribution in [0.25, 0.3) is 0 Å². The summed E-state index contributed by atoms with van der Waals surface area (Å²) >= 11 is 6.85. The molecule has 4 aliphatic rings. The van der Waals surface area contributed by atoms with Crippen LogP contribution in [-0.2, 0) is 23.8 Å². The zero-order valence-corrected chi connectivity index (χ0v) is 16.6. The van der Waals surface area contributed by atoms with Gasteiger partial charge in [0.1, 0.15) is 11.9 Å². The fourth-order valence-electron chi connectivity index (χ4n) is 6.42. The molecule has 0 radical (unpaired) electrons. The Morgan fingerprint density at radius 3 is 2.48 bits per heavy atom. The van der Waals surface area contributed by atoms with Crippen LogP contribution in [0.4, 0.5) is 0 Å². The molecule has 0 aromatic rings. The van der Waals surface area contributed by atoms with Crippen LogP contribution in [0.2, 0.25) is 0 Å². The summed E-state index contributed by atoms with van der Waals surface area (Å²) in [7, 11) is 6.29. The number of methoxy groups -OCH3 is 3. The van der Waals surface area contributed by atoms with E-state index in [1.54, 1.807) is 0 Å². The Hall–Kier alpha value is -1.57. The van der Waals surface area contributed by atoms with Crippen molar-refractivity contribution in [2.24, 2.45) is 10.8 Å². The molecular formula is C19H24ClNO6. The van der Waals surface area contributed by atoms with Crippen molar-refractivity contribution in [2.45, 2.75) is 36.3 Å². The minimum atomic E-state index is -1.34. The molecule has 5 atom stereocenters. The highest BCUT2D eigenvalue weighted by Gasteiger charge is 2.83. The zero-order valence-electron chi connectivity index (χ0n) is 15.9. The van der Waals surface area contributed by atoms with Gasteiger partial charge in [0, 0.05) is 17.9 Å². The molecule has 0 aromatic heterocycles. The van der Waals surface area contributed by atoms with E-state index in [0.29, 0.717) is 25.1 Å². The first kappa shape index (κ1) is 18.8. The van der Waals surface area contributed by atoms with Crippen molar-refractivity contribution >= 4 is 23.2 Å². The average Bonchev–Trinajstić information content (AvgIpc) is 3.15. The van der Waals surface area contributed by atoms with Crippen molar-refractivity contribution in [1.29, 1.82) is 0 Å². The van der Waals surface area contributed by atoms with Crippen molar-refractivity contribution in [3.8, 4) is 0 Å². The minimum Gasteiger partial charge on any atom is -0.498 e. The van der Waals surface area contributed by atoms with Crippen LogP contribution < -0.4 is 0 Å². The van der Waals surface area contributed by atoms with E-state index in [2.05, 4.69) is 4.90 Å². The van der Waals surface area contributed by atoms with E-state index in [1.807, 2.05) is 7.05 Å². The van der Waals surface area contributed by atoms with Gasteiger partial charge in [-0.05, 0) is 26.4 Å². The predicted molar refractivity (Wildman–Crippen MR) is 95.9 cm³/mol. The van der Waals surface area contributed by atoms with Crippen LogP contribution >= 0.6 is 11.6 Å². The van der Waals surface area contributed by atoms with Crippen LogP contribution in [0.15, 0.2) is 23.4 Å². The molecule has 7 nitrogen and oxygen atoms in total. The van der Waals surface area contributed by atoms with E-state index in [-0.39, 0.29) is 29.5 Å². The van der Waals surface area contributed by atoms with E-state index in [0.717, 1.165) is 0 Å². The van der Waals surface area contributed by atoms with Crippen molar-refractivity contribution in [3.63, 3.8) is 0 Å². The first-order valence-electron chi connectivity index (χ1n) is 8.97. The van der Waals surface area contributed by atoms with Gasteiger partial charge in [-0.3, -0.25) is 14.5 Å². The molecule has 1 aliphatic heterocycles. The number of carbonyl (C=O) groups excluding carboxylic acids is 2. The van der Waals surface area contributed by atoms with Gasteiger partial charge in [-0.1, -0.05) is 0 Å². The summed E-state index contributed by atoms with van der Waals surface area (Å²) in [5, 5.41) is 10.5. The summed E-state index contributed by atoms with van der Waals surface area (Å²) in [6.07, 6.45) is 1.08. The number of ether oxygens (including phenoxy) is 3. The number of ketones is 2. The number of aliphatic hydroxyl groups excluding tert-OH is 1. The molecule has 1 N–H and O–H groups in total. The third-order valence-corrected chi connectivity index (χ3v) is 7.90. The highest BCUT2D eigenvalue weighted by atomic mass is 35.5. The first-order chi connectivity index (χ1) is 12.8. The van der Waals surface area contributed by atoms with Gasteiger partial charge >= 0.3 is 0 Å². The number of aliphatic hydroxyl groups is 1. The molecule has 0 aromatic carbocycles. The molecule has 3 aliphatic carbocycles. The number of alkyl halides is 1. The number of likely N-dealkylation sites (N-methyl/N-ethyl adjacent to an activating group) is 1.